The van der Waals surface area contributed by atoms with Gasteiger partial charge in [0.25, 0.3) is 0 Å². The van der Waals surface area contributed by atoms with Crippen LogP contribution in [-0.2, 0) is 0 Å². The van der Waals surface area contributed by atoms with Crippen molar-refractivity contribution in [3.8, 4) is 0 Å². The summed E-state index contributed by atoms with van der Waals surface area (Å²) in [6.07, 6.45) is 3.37. The standard InChI is InChI=1S/C16H23Cl2NO/c1-15(2)5-7-16(10-19,8-6-15)14(20)12-4-3-11(17)9-13(12)18/h3-4,9,14,20H,5-8,10,19H2,1-2H3. The summed E-state index contributed by atoms with van der Waals surface area (Å²) in [7, 11) is 0. The van der Waals surface area contributed by atoms with Crippen LogP contribution < -0.4 is 5.73 Å². The van der Waals surface area contributed by atoms with Crippen LogP contribution in [0.5, 0.6) is 0 Å². The third kappa shape index (κ3) is 3.14. The molecule has 1 aliphatic carbocycles. The Labute approximate surface area is 131 Å². The second-order valence-electron chi connectivity index (χ2n) is 6.80. The molecule has 2 rings (SSSR count). The van der Waals surface area contributed by atoms with Crippen LogP contribution in [0.15, 0.2) is 18.2 Å². The fourth-order valence-electron chi connectivity index (χ4n) is 3.07. The van der Waals surface area contributed by atoms with Gasteiger partial charge in [-0.25, -0.2) is 0 Å². The Bertz CT molecular complexity index is 477. The molecule has 1 aromatic rings. The van der Waals surface area contributed by atoms with Gasteiger partial charge in [-0.05, 0) is 48.8 Å². The van der Waals surface area contributed by atoms with Crippen LogP contribution in [0.25, 0.3) is 0 Å². The normalized spacial score (nSPS) is 22.5. The number of hydrogen-bond acceptors (Lipinski definition) is 2. The van der Waals surface area contributed by atoms with Crippen molar-refractivity contribution in [2.24, 2.45) is 16.6 Å². The average molecular weight is 316 g/mol. The fourth-order valence-corrected chi connectivity index (χ4v) is 3.58. The first-order valence-electron chi connectivity index (χ1n) is 7.13. The van der Waals surface area contributed by atoms with E-state index < -0.39 is 6.10 Å². The zero-order chi connectivity index (χ0) is 15.0. The SMILES string of the molecule is CC1(C)CCC(CN)(C(O)c2ccc(Cl)cc2Cl)CC1. The Hall–Kier alpha value is -0.280. The number of aliphatic hydroxyl groups excluding tert-OH is 1. The summed E-state index contributed by atoms with van der Waals surface area (Å²) in [6, 6.07) is 5.26. The summed E-state index contributed by atoms with van der Waals surface area (Å²) < 4.78 is 0. The van der Waals surface area contributed by atoms with Crippen molar-refractivity contribution in [1.29, 1.82) is 0 Å². The smallest absolute Gasteiger partial charge is 0.0872 e. The Morgan fingerprint density at radius 2 is 1.80 bits per heavy atom. The molecular formula is C16H23Cl2NO. The number of aliphatic hydroxyl groups is 1. The van der Waals surface area contributed by atoms with Crippen molar-refractivity contribution in [1.82, 2.24) is 0 Å². The van der Waals surface area contributed by atoms with Crippen LogP contribution in [-0.4, -0.2) is 11.7 Å². The monoisotopic (exact) mass is 315 g/mol. The summed E-state index contributed by atoms with van der Waals surface area (Å²) >= 11 is 12.2. The van der Waals surface area contributed by atoms with Crippen LogP contribution >= 0.6 is 23.2 Å². The lowest BCUT2D eigenvalue weighted by Crippen LogP contribution is -2.42. The lowest BCUT2D eigenvalue weighted by molar-refractivity contribution is -0.0235. The quantitative estimate of drug-likeness (QED) is 0.858. The molecule has 1 fully saturated rings. The van der Waals surface area contributed by atoms with Gasteiger partial charge < -0.3 is 10.8 Å². The van der Waals surface area contributed by atoms with Gasteiger partial charge in [0, 0.05) is 22.0 Å². The molecule has 2 nitrogen and oxygen atoms in total. The molecule has 0 aliphatic heterocycles. The van der Waals surface area contributed by atoms with Crippen molar-refractivity contribution in [3.63, 3.8) is 0 Å². The van der Waals surface area contributed by atoms with Crippen LogP contribution in [0.1, 0.15) is 51.2 Å². The molecule has 3 N–H and O–H groups in total. The highest BCUT2D eigenvalue weighted by Crippen LogP contribution is 2.51. The van der Waals surface area contributed by atoms with E-state index in [-0.39, 0.29) is 5.41 Å². The molecule has 0 amide bonds. The van der Waals surface area contributed by atoms with Crippen LogP contribution in [0.4, 0.5) is 0 Å². The van der Waals surface area contributed by atoms with Gasteiger partial charge in [0.05, 0.1) is 6.10 Å². The second-order valence-corrected chi connectivity index (χ2v) is 7.64. The topological polar surface area (TPSA) is 46.2 Å². The fraction of sp³-hybridized carbons (Fsp3) is 0.625. The molecule has 1 aromatic carbocycles. The summed E-state index contributed by atoms with van der Waals surface area (Å²) in [5.41, 5.74) is 6.82. The van der Waals surface area contributed by atoms with Crippen molar-refractivity contribution >= 4 is 23.2 Å². The van der Waals surface area contributed by atoms with E-state index in [0.717, 1.165) is 31.2 Å². The third-order valence-electron chi connectivity index (χ3n) is 4.84. The molecule has 0 bridgehead atoms. The lowest BCUT2D eigenvalue weighted by atomic mass is 9.62. The minimum atomic E-state index is -0.631. The largest absolute Gasteiger partial charge is 0.388 e. The van der Waals surface area contributed by atoms with Gasteiger partial charge in [-0.3, -0.25) is 0 Å². The van der Waals surface area contributed by atoms with E-state index >= 15 is 0 Å². The van der Waals surface area contributed by atoms with E-state index in [0.29, 0.717) is 22.0 Å². The molecule has 0 spiro atoms. The van der Waals surface area contributed by atoms with Gasteiger partial charge in [-0.2, -0.15) is 0 Å². The predicted molar refractivity (Wildman–Crippen MR) is 85.2 cm³/mol. The molecule has 0 heterocycles. The van der Waals surface area contributed by atoms with Gasteiger partial charge in [0.1, 0.15) is 0 Å². The highest BCUT2D eigenvalue weighted by molar-refractivity contribution is 6.35. The maximum Gasteiger partial charge on any atom is 0.0872 e. The molecule has 0 radical (unpaired) electrons. The number of hydrogen-bond donors (Lipinski definition) is 2. The first-order valence-corrected chi connectivity index (χ1v) is 7.88. The molecular weight excluding hydrogens is 293 g/mol. The van der Waals surface area contributed by atoms with Crippen molar-refractivity contribution < 1.29 is 5.11 Å². The van der Waals surface area contributed by atoms with Crippen molar-refractivity contribution in [3.05, 3.63) is 33.8 Å². The summed E-state index contributed by atoms with van der Waals surface area (Å²) in [5.74, 6) is 0. The first kappa shape index (κ1) is 16.1. The summed E-state index contributed by atoms with van der Waals surface area (Å²) in [4.78, 5) is 0. The van der Waals surface area contributed by atoms with E-state index in [9.17, 15) is 5.11 Å². The van der Waals surface area contributed by atoms with Gasteiger partial charge in [-0.1, -0.05) is 43.1 Å². The number of nitrogens with two attached hydrogens (primary N) is 1. The number of rotatable bonds is 3. The highest BCUT2D eigenvalue weighted by atomic mass is 35.5. The van der Waals surface area contributed by atoms with Gasteiger partial charge in [0.2, 0.25) is 0 Å². The molecule has 1 atom stereocenters. The molecule has 1 saturated carbocycles. The molecule has 112 valence electrons. The van der Waals surface area contributed by atoms with Crippen LogP contribution in [0, 0.1) is 10.8 Å². The van der Waals surface area contributed by atoms with Crippen molar-refractivity contribution in [2.75, 3.05) is 6.54 Å². The van der Waals surface area contributed by atoms with Gasteiger partial charge >= 0.3 is 0 Å². The lowest BCUT2D eigenvalue weighted by Gasteiger charge is -2.46. The van der Waals surface area contributed by atoms with E-state index in [1.54, 1.807) is 12.1 Å². The summed E-state index contributed by atoms with van der Waals surface area (Å²) in [5, 5.41) is 11.9. The first-order chi connectivity index (χ1) is 9.30. The molecule has 1 aliphatic rings. The van der Waals surface area contributed by atoms with E-state index in [1.165, 1.54) is 0 Å². The van der Waals surface area contributed by atoms with E-state index in [2.05, 4.69) is 13.8 Å². The molecule has 4 heteroatoms. The maximum atomic E-state index is 10.8. The minimum Gasteiger partial charge on any atom is -0.388 e. The zero-order valence-electron chi connectivity index (χ0n) is 12.1. The average Bonchev–Trinajstić information content (AvgIpc) is 2.39. The third-order valence-corrected chi connectivity index (χ3v) is 5.41. The van der Waals surface area contributed by atoms with Crippen LogP contribution in [0.2, 0.25) is 10.0 Å². The Morgan fingerprint density at radius 3 is 2.30 bits per heavy atom. The van der Waals surface area contributed by atoms with Crippen LogP contribution in [0.3, 0.4) is 0 Å². The number of halogens is 2. The second kappa shape index (κ2) is 5.84. The Morgan fingerprint density at radius 1 is 1.20 bits per heavy atom. The Balaban J connectivity index is 2.27. The highest BCUT2D eigenvalue weighted by Gasteiger charge is 2.43. The molecule has 0 aromatic heterocycles. The van der Waals surface area contributed by atoms with E-state index in [4.69, 9.17) is 28.9 Å². The molecule has 20 heavy (non-hydrogen) atoms. The Kier molecular flexibility index (Phi) is 4.70. The minimum absolute atomic E-state index is 0.271. The number of benzene rings is 1. The molecule has 0 saturated heterocycles. The molecule has 1 unspecified atom stereocenters. The summed E-state index contributed by atoms with van der Waals surface area (Å²) in [6.45, 7) is 5.02. The predicted octanol–water partition coefficient (Wildman–Crippen LogP) is 4.57. The van der Waals surface area contributed by atoms with Crippen molar-refractivity contribution in [2.45, 2.75) is 45.6 Å². The maximum absolute atomic E-state index is 10.8. The van der Waals surface area contributed by atoms with Gasteiger partial charge in [-0.15, -0.1) is 0 Å². The zero-order valence-corrected chi connectivity index (χ0v) is 13.6. The van der Waals surface area contributed by atoms with E-state index in [1.807, 2.05) is 6.07 Å². The van der Waals surface area contributed by atoms with Gasteiger partial charge in [0.15, 0.2) is 0 Å².